The smallest absolute Gasteiger partial charge is 0.341 e. The minimum absolute atomic E-state index is 0.101. The van der Waals surface area contributed by atoms with Crippen molar-refractivity contribution in [2.24, 2.45) is 0 Å². The number of rotatable bonds is 10. The van der Waals surface area contributed by atoms with Crippen LogP contribution in [0, 0.1) is 13.8 Å². The van der Waals surface area contributed by atoms with Crippen molar-refractivity contribution >= 4 is 51.3 Å². The minimum atomic E-state index is -0.483. The lowest BCUT2D eigenvalue weighted by Gasteiger charge is -2.14. The summed E-state index contributed by atoms with van der Waals surface area (Å²) in [6.45, 7) is 7.55. The zero-order valence-corrected chi connectivity index (χ0v) is 25.4. The van der Waals surface area contributed by atoms with E-state index < -0.39 is 5.97 Å². The number of methoxy groups -OCH3 is 1. The molecule has 0 bridgehead atoms. The molecule has 3 aromatic heterocycles. The van der Waals surface area contributed by atoms with E-state index in [0.717, 1.165) is 59.5 Å². The molecule has 0 spiro atoms. The van der Waals surface area contributed by atoms with Gasteiger partial charge < -0.3 is 14.8 Å². The number of aromatic nitrogens is 3. The maximum atomic E-state index is 13.1. The first-order valence-corrected chi connectivity index (χ1v) is 15.9. The fraction of sp³-hybridized carbons (Fsp3) is 0.379. The van der Waals surface area contributed by atoms with E-state index >= 15 is 0 Å². The Kier molecular flexibility index (Phi) is 9.04. The summed E-state index contributed by atoms with van der Waals surface area (Å²) in [5, 5.41) is 17.0. The molecule has 1 N–H and O–H groups in total. The Bertz CT molecular complexity index is 1520. The summed E-state index contributed by atoms with van der Waals surface area (Å²) in [5.74, 6) is 0.189. The van der Waals surface area contributed by atoms with Gasteiger partial charge in [-0.2, -0.15) is 0 Å². The predicted molar refractivity (Wildman–Crippen MR) is 162 cm³/mol. The number of thiophene rings is 2. The van der Waals surface area contributed by atoms with Crippen molar-refractivity contribution in [3.8, 4) is 22.5 Å². The van der Waals surface area contributed by atoms with Crippen molar-refractivity contribution < 1.29 is 19.1 Å². The number of carbonyl (C=O) groups excluding carboxylic acids is 2. The highest BCUT2D eigenvalue weighted by atomic mass is 32.2. The summed E-state index contributed by atoms with van der Waals surface area (Å²) in [4.78, 5) is 27.2. The van der Waals surface area contributed by atoms with E-state index in [2.05, 4.69) is 38.5 Å². The molecule has 1 unspecified atom stereocenters. The molecule has 1 aliphatic rings. The average molecular weight is 597 g/mol. The van der Waals surface area contributed by atoms with E-state index in [9.17, 15) is 9.59 Å². The van der Waals surface area contributed by atoms with Crippen molar-refractivity contribution in [1.29, 1.82) is 0 Å². The Morgan fingerprint density at radius 3 is 2.75 bits per heavy atom. The van der Waals surface area contributed by atoms with Crippen LogP contribution in [0.3, 0.4) is 0 Å². The van der Waals surface area contributed by atoms with Gasteiger partial charge in [0, 0.05) is 33.4 Å². The summed E-state index contributed by atoms with van der Waals surface area (Å²) >= 11 is 4.36. The number of esters is 1. The number of anilines is 1. The van der Waals surface area contributed by atoms with Crippen LogP contribution in [0.15, 0.2) is 40.2 Å². The lowest BCUT2D eigenvalue weighted by atomic mass is 9.97. The molecule has 0 radical (unpaired) electrons. The van der Waals surface area contributed by atoms with Gasteiger partial charge in [-0.3, -0.25) is 9.36 Å². The highest BCUT2D eigenvalue weighted by Gasteiger charge is 2.25. The van der Waals surface area contributed by atoms with Crippen molar-refractivity contribution in [3.05, 3.63) is 56.6 Å². The first kappa shape index (κ1) is 28.5. The third-order valence-corrected chi connectivity index (χ3v) is 9.78. The quantitative estimate of drug-likeness (QED) is 0.163. The molecule has 1 saturated heterocycles. The van der Waals surface area contributed by atoms with Crippen LogP contribution in [0.25, 0.3) is 22.5 Å². The number of benzene rings is 1. The highest BCUT2D eigenvalue weighted by Crippen LogP contribution is 2.38. The topological polar surface area (TPSA) is 95.3 Å². The van der Waals surface area contributed by atoms with Crippen LogP contribution in [0.4, 0.5) is 5.00 Å². The summed E-state index contributed by atoms with van der Waals surface area (Å²) in [6.07, 6.45) is 3.10. The fourth-order valence-electron chi connectivity index (χ4n) is 4.72. The fourth-order valence-corrected chi connectivity index (χ4v) is 7.25. The highest BCUT2D eigenvalue weighted by molar-refractivity contribution is 7.99. The molecule has 1 fully saturated rings. The molecule has 1 aliphatic heterocycles. The summed E-state index contributed by atoms with van der Waals surface area (Å²) in [7, 11) is 1.35. The van der Waals surface area contributed by atoms with E-state index in [1.54, 1.807) is 11.3 Å². The molecule has 1 aromatic carbocycles. The van der Waals surface area contributed by atoms with Gasteiger partial charge in [0.25, 0.3) is 0 Å². The molecule has 40 heavy (non-hydrogen) atoms. The second-order valence-electron chi connectivity index (χ2n) is 9.71. The van der Waals surface area contributed by atoms with Gasteiger partial charge in [-0.15, -0.1) is 32.9 Å². The van der Waals surface area contributed by atoms with Gasteiger partial charge in [0.1, 0.15) is 10.6 Å². The van der Waals surface area contributed by atoms with Crippen LogP contribution in [-0.4, -0.2) is 52.2 Å². The third kappa shape index (κ3) is 6.17. The Balaban J connectivity index is 1.35. The first-order chi connectivity index (χ1) is 19.4. The van der Waals surface area contributed by atoms with Crippen molar-refractivity contribution in [3.63, 3.8) is 0 Å². The van der Waals surface area contributed by atoms with E-state index in [4.69, 9.17) is 9.47 Å². The molecule has 0 saturated carbocycles. The molecule has 5 rings (SSSR count). The molecule has 0 aliphatic carbocycles. The van der Waals surface area contributed by atoms with Gasteiger partial charge in [-0.05, 0) is 50.3 Å². The lowest BCUT2D eigenvalue weighted by Crippen LogP contribution is -2.18. The molecule has 1 amide bonds. The van der Waals surface area contributed by atoms with Gasteiger partial charge in [0.05, 0.1) is 25.5 Å². The lowest BCUT2D eigenvalue weighted by molar-refractivity contribution is -0.113. The summed E-state index contributed by atoms with van der Waals surface area (Å²) in [5.41, 5.74) is 5.23. The number of carbonyl (C=O) groups is 2. The van der Waals surface area contributed by atoms with Crippen LogP contribution in [0.2, 0.25) is 0 Å². The number of aryl methyl sites for hydroxylation is 3. The van der Waals surface area contributed by atoms with E-state index in [1.807, 2.05) is 37.4 Å². The van der Waals surface area contributed by atoms with Gasteiger partial charge in [-0.25, -0.2) is 4.79 Å². The molecular weight excluding hydrogens is 565 g/mol. The number of nitrogens with zero attached hydrogens (tertiary/aromatic N) is 3. The van der Waals surface area contributed by atoms with Crippen LogP contribution in [0.5, 0.6) is 0 Å². The first-order valence-electron chi connectivity index (χ1n) is 13.2. The number of hydrogen-bond acceptors (Lipinski definition) is 9. The van der Waals surface area contributed by atoms with E-state index in [0.29, 0.717) is 22.3 Å². The number of hydrogen-bond donors (Lipinski definition) is 1. The Labute approximate surface area is 246 Å². The SMILES string of the molecule is CCc1cc(-c2nnc(SCC(=O)Nc3scc(-c4cc(C)ccc4C)c3C(=O)OC)n2CC2CCCO2)cs1. The normalized spacial score (nSPS) is 14.9. The van der Waals surface area contributed by atoms with Gasteiger partial charge in [-0.1, -0.05) is 42.4 Å². The van der Waals surface area contributed by atoms with Gasteiger partial charge >= 0.3 is 5.97 Å². The summed E-state index contributed by atoms with van der Waals surface area (Å²) < 4.78 is 13.1. The molecule has 210 valence electrons. The molecule has 4 aromatic rings. The van der Waals surface area contributed by atoms with Crippen molar-refractivity contribution in [1.82, 2.24) is 14.8 Å². The van der Waals surface area contributed by atoms with Crippen molar-refractivity contribution in [2.45, 2.75) is 57.8 Å². The zero-order chi connectivity index (χ0) is 28.2. The second kappa shape index (κ2) is 12.7. The average Bonchev–Trinajstić information content (AvgIpc) is 3.76. The Hall–Kier alpha value is -2.99. The second-order valence-corrected chi connectivity index (χ2v) is 12.5. The number of amides is 1. The Morgan fingerprint density at radius 1 is 1.18 bits per heavy atom. The number of thioether (sulfide) groups is 1. The van der Waals surface area contributed by atoms with E-state index in [-0.39, 0.29) is 17.8 Å². The van der Waals surface area contributed by atoms with Crippen LogP contribution in [-0.2, 0) is 27.2 Å². The maximum absolute atomic E-state index is 13.1. The maximum Gasteiger partial charge on any atom is 0.341 e. The van der Waals surface area contributed by atoms with E-state index in [1.165, 1.54) is 35.1 Å². The molecule has 11 heteroatoms. The third-order valence-electron chi connectivity index (χ3n) is 6.84. The molecule has 8 nitrogen and oxygen atoms in total. The monoisotopic (exact) mass is 596 g/mol. The minimum Gasteiger partial charge on any atom is -0.465 e. The van der Waals surface area contributed by atoms with Crippen LogP contribution in [0.1, 0.15) is 46.1 Å². The number of nitrogens with one attached hydrogen (secondary N) is 1. The zero-order valence-electron chi connectivity index (χ0n) is 23.0. The largest absolute Gasteiger partial charge is 0.465 e. The number of ether oxygens (including phenoxy) is 2. The van der Waals surface area contributed by atoms with Crippen LogP contribution >= 0.6 is 34.4 Å². The van der Waals surface area contributed by atoms with Gasteiger partial charge in [0.2, 0.25) is 5.91 Å². The Morgan fingerprint density at radius 2 is 2.02 bits per heavy atom. The molecule has 1 atom stereocenters. The predicted octanol–water partition coefficient (Wildman–Crippen LogP) is 6.61. The van der Waals surface area contributed by atoms with Gasteiger partial charge in [0.15, 0.2) is 11.0 Å². The molecule has 4 heterocycles. The summed E-state index contributed by atoms with van der Waals surface area (Å²) in [6, 6.07) is 8.26. The standard InChI is InChI=1S/C29H32N4O4S3/c1-5-21-12-19(14-38-21)26-31-32-29(33(26)13-20-7-6-10-37-20)40-16-24(34)30-27-25(28(35)36-4)23(15-39-27)22-11-17(2)8-9-18(22)3/h8-9,11-12,14-15,20H,5-7,10,13,16H2,1-4H3,(H,30,34). The van der Waals surface area contributed by atoms with Crippen LogP contribution < -0.4 is 5.32 Å². The van der Waals surface area contributed by atoms with Crippen molar-refractivity contribution in [2.75, 3.05) is 24.8 Å². The molecular formula is C29H32N4O4S3.